The smallest absolute Gasteiger partial charge is 0.0782 e. The van der Waals surface area contributed by atoms with Crippen LogP contribution in [0.2, 0.25) is 0 Å². The van der Waals surface area contributed by atoms with Gasteiger partial charge in [0.05, 0.1) is 27.2 Å². The van der Waals surface area contributed by atoms with Crippen molar-refractivity contribution in [1.29, 1.82) is 0 Å². The predicted molar refractivity (Wildman–Crippen MR) is 76.1 cm³/mol. The summed E-state index contributed by atoms with van der Waals surface area (Å²) in [7, 11) is 4.72. The second-order valence-corrected chi connectivity index (χ2v) is 5.68. The molecule has 104 valence electrons. The van der Waals surface area contributed by atoms with Crippen LogP contribution in [0.5, 0.6) is 0 Å². The van der Waals surface area contributed by atoms with Gasteiger partial charge in [0.1, 0.15) is 0 Å². The molecule has 0 bridgehead atoms. The SMILES string of the molecule is CCCC[N+](C)(C)CCCCc1ccccc1.[Br-]. The molecule has 0 amide bonds. The van der Waals surface area contributed by atoms with Crippen molar-refractivity contribution in [2.24, 2.45) is 0 Å². The molecule has 0 saturated heterocycles. The number of hydrogen-bond donors (Lipinski definition) is 0. The van der Waals surface area contributed by atoms with Crippen LogP contribution >= 0.6 is 0 Å². The quantitative estimate of drug-likeness (QED) is 0.494. The Labute approximate surface area is 124 Å². The molecule has 0 radical (unpaired) electrons. The molecule has 0 aliphatic heterocycles. The topological polar surface area (TPSA) is 0 Å². The molecule has 0 aliphatic rings. The lowest BCUT2D eigenvalue weighted by atomic mass is 10.1. The van der Waals surface area contributed by atoms with Gasteiger partial charge in [0, 0.05) is 0 Å². The Morgan fingerprint density at radius 2 is 1.50 bits per heavy atom. The molecule has 0 aliphatic carbocycles. The molecule has 1 aromatic carbocycles. The lowest BCUT2D eigenvalue weighted by molar-refractivity contribution is -0.890. The molecule has 1 rings (SSSR count). The van der Waals surface area contributed by atoms with Crippen LogP contribution in [-0.2, 0) is 6.42 Å². The van der Waals surface area contributed by atoms with Crippen molar-refractivity contribution in [2.75, 3.05) is 27.2 Å². The van der Waals surface area contributed by atoms with Gasteiger partial charge in [-0.15, -0.1) is 0 Å². The van der Waals surface area contributed by atoms with Gasteiger partial charge in [-0.2, -0.15) is 0 Å². The van der Waals surface area contributed by atoms with Gasteiger partial charge in [0.15, 0.2) is 0 Å². The molecule has 18 heavy (non-hydrogen) atoms. The molecule has 0 fully saturated rings. The van der Waals surface area contributed by atoms with Crippen molar-refractivity contribution >= 4 is 0 Å². The maximum absolute atomic E-state index is 2.36. The Kier molecular flexibility index (Phi) is 9.39. The minimum absolute atomic E-state index is 0. The van der Waals surface area contributed by atoms with Crippen LogP contribution in [0.1, 0.15) is 38.2 Å². The minimum Gasteiger partial charge on any atom is -1.00 e. The van der Waals surface area contributed by atoms with E-state index in [1.165, 1.54) is 55.2 Å². The van der Waals surface area contributed by atoms with Crippen LogP contribution < -0.4 is 17.0 Å². The number of benzene rings is 1. The summed E-state index contributed by atoms with van der Waals surface area (Å²) in [5, 5.41) is 0. The van der Waals surface area contributed by atoms with Gasteiger partial charge in [-0.1, -0.05) is 43.7 Å². The third-order valence-corrected chi connectivity index (χ3v) is 3.44. The summed E-state index contributed by atoms with van der Waals surface area (Å²) in [6.45, 7) is 4.91. The summed E-state index contributed by atoms with van der Waals surface area (Å²) < 4.78 is 1.18. The minimum atomic E-state index is 0. The molecule has 0 atom stereocenters. The molecule has 1 aromatic rings. The van der Waals surface area contributed by atoms with Gasteiger partial charge in [0.25, 0.3) is 0 Å². The van der Waals surface area contributed by atoms with Crippen LogP contribution in [0.15, 0.2) is 30.3 Å². The van der Waals surface area contributed by atoms with Crippen LogP contribution in [0.25, 0.3) is 0 Å². The first-order chi connectivity index (χ1) is 8.14. The zero-order valence-electron chi connectivity index (χ0n) is 12.2. The molecule has 0 unspecified atom stereocenters. The maximum atomic E-state index is 2.36. The van der Waals surface area contributed by atoms with Gasteiger partial charge >= 0.3 is 0 Å². The number of halogens is 1. The Morgan fingerprint density at radius 1 is 0.889 bits per heavy atom. The van der Waals surface area contributed by atoms with Crippen molar-refractivity contribution in [1.82, 2.24) is 0 Å². The highest BCUT2D eigenvalue weighted by molar-refractivity contribution is 5.14. The lowest BCUT2D eigenvalue weighted by Crippen LogP contribution is -3.00. The maximum Gasteiger partial charge on any atom is 0.0782 e. The molecule has 2 heteroatoms. The first-order valence-electron chi connectivity index (χ1n) is 7.00. The Morgan fingerprint density at radius 3 is 2.11 bits per heavy atom. The Balaban J connectivity index is 0.00000289. The van der Waals surface area contributed by atoms with Gasteiger partial charge in [0.2, 0.25) is 0 Å². The molecule has 0 aromatic heterocycles. The Bertz CT molecular complexity index is 295. The third-order valence-electron chi connectivity index (χ3n) is 3.44. The van der Waals surface area contributed by atoms with Crippen LogP contribution in [-0.4, -0.2) is 31.7 Å². The fraction of sp³-hybridized carbons (Fsp3) is 0.625. The number of quaternary nitrogens is 1. The fourth-order valence-corrected chi connectivity index (χ4v) is 2.21. The molecule has 0 spiro atoms. The zero-order chi connectivity index (χ0) is 12.6. The summed E-state index contributed by atoms with van der Waals surface area (Å²) >= 11 is 0. The van der Waals surface area contributed by atoms with E-state index in [0.29, 0.717) is 0 Å². The molecule has 0 saturated carbocycles. The normalized spacial score (nSPS) is 11.1. The highest BCUT2D eigenvalue weighted by Crippen LogP contribution is 2.08. The van der Waals surface area contributed by atoms with Crippen LogP contribution in [0.3, 0.4) is 0 Å². The molecule has 0 heterocycles. The van der Waals surface area contributed by atoms with E-state index < -0.39 is 0 Å². The van der Waals surface area contributed by atoms with Crippen molar-refractivity contribution in [3.63, 3.8) is 0 Å². The zero-order valence-corrected chi connectivity index (χ0v) is 13.7. The van der Waals surface area contributed by atoms with Gasteiger partial charge < -0.3 is 21.5 Å². The summed E-state index contributed by atoms with van der Waals surface area (Å²) in [6.07, 6.45) is 6.55. The second kappa shape index (κ2) is 9.57. The molecular weight excluding hydrogens is 286 g/mol. The summed E-state index contributed by atoms with van der Waals surface area (Å²) in [5.41, 5.74) is 1.48. The van der Waals surface area contributed by atoms with E-state index in [1.807, 2.05) is 0 Å². The first-order valence-corrected chi connectivity index (χ1v) is 7.00. The summed E-state index contributed by atoms with van der Waals surface area (Å²) in [4.78, 5) is 0. The van der Waals surface area contributed by atoms with E-state index in [9.17, 15) is 0 Å². The number of hydrogen-bond acceptors (Lipinski definition) is 0. The Hall–Kier alpha value is -0.340. The fourth-order valence-electron chi connectivity index (χ4n) is 2.21. The van der Waals surface area contributed by atoms with E-state index in [2.05, 4.69) is 51.4 Å². The monoisotopic (exact) mass is 313 g/mol. The highest BCUT2D eigenvalue weighted by atomic mass is 79.9. The van der Waals surface area contributed by atoms with Crippen molar-refractivity contribution < 1.29 is 21.5 Å². The van der Waals surface area contributed by atoms with Gasteiger partial charge in [-0.25, -0.2) is 0 Å². The van der Waals surface area contributed by atoms with Crippen molar-refractivity contribution in [3.05, 3.63) is 35.9 Å². The average molecular weight is 314 g/mol. The largest absolute Gasteiger partial charge is 1.00 e. The van der Waals surface area contributed by atoms with Crippen LogP contribution in [0, 0.1) is 0 Å². The summed E-state index contributed by atoms with van der Waals surface area (Å²) in [5.74, 6) is 0. The second-order valence-electron chi connectivity index (χ2n) is 5.68. The van der Waals surface area contributed by atoms with Gasteiger partial charge in [-0.05, 0) is 31.2 Å². The van der Waals surface area contributed by atoms with E-state index >= 15 is 0 Å². The van der Waals surface area contributed by atoms with E-state index in [4.69, 9.17) is 0 Å². The lowest BCUT2D eigenvalue weighted by Gasteiger charge is -2.29. The number of nitrogens with zero attached hydrogens (tertiary/aromatic N) is 1. The standard InChI is InChI=1S/C16H28N.BrH/c1-4-5-14-17(2,3)15-10-9-13-16-11-7-6-8-12-16;/h6-8,11-12H,4-5,9-10,13-15H2,1-3H3;1H/q+1;/p-1. The van der Waals surface area contributed by atoms with Crippen molar-refractivity contribution in [3.8, 4) is 0 Å². The van der Waals surface area contributed by atoms with Crippen LogP contribution in [0.4, 0.5) is 0 Å². The summed E-state index contributed by atoms with van der Waals surface area (Å²) in [6, 6.07) is 10.8. The van der Waals surface area contributed by atoms with E-state index in [1.54, 1.807) is 0 Å². The molecule has 1 nitrogen and oxygen atoms in total. The van der Waals surface area contributed by atoms with Crippen molar-refractivity contribution in [2.45, 2.75) is 39.0 Å². The average Bonchev–Trinajstić information content (AvgIpc) is 2.34. The number of unbranched alkanes of at least 4 members (excludes halogenated alkanes) is 2. The first kappa shape index (κ1) is 17.7. The highest BCUT2D eigenvalue weighted by Gasteiger charge is 2.12. The van der Waals surface area contributed by atoms with E-state index in [-0.39, 0.29) is 17.0 Å². The molecule has 0 N–H and O–H groups in total. The number of aryl methyl sites for hydroxylation is 1. The predicted octanol–water partition coefficient (Wildman–Crippen LogP) is 0.890. The van der Waals surface area contributed by atoms with Gasteiger partial charge in [-0.3, -0.25) is 0 Å². The van der Waals surface area contributed by atoms with E-state index in [0.717, 1.165) is 0 Å². The third kappa shape index (κ3) is 7.88. The number of rotatable bonds is 8. The molecular formula is C16H28BrN.